The van der Waals surface area contributed by atoms with Gasteiger partial charge in [0.1, 0.15) is 0 Å². The van der Waals surface area contributed by atoms with E-state index < -0.39 is 0 Å². The minimum atomic E-state index is 0.0336. The third-order valence-corrected chi connectivity index (χ3v) is 2.66. The molecule has 0 saturated carbocycles. The molecule has 1 saturated heterocycles. The van der Waals surface area contributed by atoms with Gasteiger partial charge in [-0.3, -0.25) is 4.79 Å². The van der Waals surface area contributed by atoms with Gasteiger partial charge in [-0.15, -0.1) is 0 Å². The van der Waals surface area contributed by atoms with Gasteiger partial charge in [0.2, 0.25) is 5.91 Å². The summed E-state index contributed by atoms with van der Waals surface area (Å²) in [5, 5.41) is 3.05. The van der Waals surface area contributed by atoms with Crippen molar-refractivity contribution in [3.05, 3.63) is 0 Å². The molecule has 0 aromatic heterocycles. The average molecular weight is 200 g/mol. The van der Waals surface area contributed by atoms with E-state index >= 15 is 0 Å². The molecular weight excluding hydrogens is 180 g/mol. The van der Waals surface area contributed by atoms with Gasteiger partial charge in [0.25, 0.3) is 0 Å². The molecule has 14 heavy (non-hydrogen) atoms. The first-order chi connectivity index (χ1) is 6.79. The second-order valence-electron chi connectivity index (χ2n) is 3.66. The Hall–Kier alpha value is -0.610. The number of likely N-dealkylation sites (tertiary alicyclic amines) is 1. The molecule has 4 nitrogen and oxygen atoms in total. The van der Waals surface area contributed by atoms with Crippen LogP contribution in [0.2, 0.25) is 0 Å². The summed E-state index contributed by atoms with van der Waals surface area (Å²) in [5.74, 6) is 0.245. The van der Waals surface area contributed by atoms with Crippen LogP contribution in [0.25, 0.3) is 0 Å². The van der Waals surface area contributed by atoms with Crippen molar-refractivity contribution < 1.29 is 9.53 Å². The third-order valence-electron chi connectivity index (χ3n) is 2.66. The van der Waals surface area contributed by atoms with Crippen molar-refractivity contribution in [2.24, 2.45) is 0 Å². The highest BCUT2D eigenvalue weighted by Crippen LogP contribution is 2.11. The standard InChI is InChI=1S/C10H20N2O2/c1-11-9-5-3-6-12(10(9)13)7-4-8-14-2/h9,11H,3-8H2,1-2H3. The van der Waals surface area contributed by atoms with E-state index in [0.29, 0.717) is 0 Å². The molecule has 4 heteroatoms. The number of nitrogens with one attached hydrogen (secondary N) is 1. The minimum absolute atomic E-state index is 0.0336. The van der Waals surface area contributed by atoms with Crippen molar-refractivity contribution in [2.45, 2.75) is 25.3 Å². The first kappa shape index (κ1) is 11.5. The van der Waals surface area contributed by atoms with Gasteiger partial charge in [0.15, 0.2) is 0 Å². The first-order valence-electron chi connectivity index (χ1n) is 5.24. The largest absolute Gasteiger partial charge is 0.385 e. The van der Waals surface area contributed by atoms with E-state index in [1.165, 1.54) is 0 Å². The lowest BCUT2D eigenvalue weighted by atomic mass is 10.0. The lowest BCUT2D eigenvalue weighted by molar-refractivity contribution is -0.135. The number of piperidine rings is 1. The Labute approximate surface area is 85.6 Å². The molecule has 82 valence electrons. The molecule has 1 rings (SSSR count). The maximum absolute atomic E-state index is 11.8. The zero-order valence-corrected chi connectivity index (χ0v) is 9.08. The number of hydrogen-bond acceptors (Lipinski definition) is 3. The lowest BCUT2D eigenvalue weighted by Crippen LogP contribution is -2.49. The molecule has 1 aliphatic heterocycles. The summed E-state index contributed by atoms with van der Waals surface area (Å²) in [5.41, 5.74) is 0. The van der Waals surface area contributed by atoms with Crippen molar-refractivity contribution in [1.29, 1.82) is 0 Å². The van der Waals surface area contributed by atoms with Gasteiger partial charge in [0, 0.05) is 26.8 Å². The number of amides is 1. The monoisotopic (exact) mass is 200 g/mol. The van der Waals surface area contributed by atoms with Crippen LogP contribution in [0, 0.1) is 0 Å². The maximum atomic E-state index is 11.8. The normalized spacial score (nSPS) is 22.9. The second-order valence-corrected chi connectivity index (χ2v) is 3.66. The third kappa shape index (κ3) is 2.96. The number of carbonyl (C=O) groups excluding carboxylic acids is 1. The Balaban J connectivity index is 2.32. The number of rotatable bonds is 5. The van der Waals surface area contributed by atoms with E-state index in [9.17, 15) is 4.79 Å². The quantitative estimate of drug-likeness (QED) is 0.646. The Morgan fingerprint density at radius 2 is 2.43 bits per heavy atom. The van der Waals surface area contributed by atoms with E-state index in [4.69, 9.17) is 4.74 Å². The molecule has 1 amide bonds. The van der Waals surface area contributed by atoms with Crippen molar-refractivity contribution in [3.8, 4) is 0 Å². The van der Waals surface area contributed by atoms with Crippen molar-refractivity contribution >= 4 is 5.91 Å². The fourth-order valence-electron chi connectivity index (χ4n) is 1.83. The Bertz CT molecular complexity index is 185. The van der Waals surface area contributed by atoms with E-state index in [2.05, 4.69) is 5.32 Å². The SMILES string of the molecule is CNC1CCCN(CCCOC)C1=O. The van der Waals surface area contributed by atoms with Crippen LogP contribution in [0.5, 0.6) is 0 Å². The molecule has 1 atom stereocenters. The summed E-state index contributed by atoms with van der Waals surface area (Å²) in [7, 11) is 3.54. The smallest absolute Gasteiger partial charge is 0.239 e. The van der Waals surface area contributed by atoms with Crippen LogP contribution in [0.15, 0.2) is 0 Å². The zero-order chi connectivity index (χ0) is 10.4. The average Bonchev–Trinajstić information content (AvgIpc) is 2.21. The van der Waals surface area contributed by atoms with Crippen LogP contribution in [0.3, 0.4) is 0 Å². The molecule has 1 aliphatic rings. The van der Waals surface area contributed by atoms with Gasteiger partial charge in [-0.2, -0.15) is 0 Å². The van der Waals surface area contributed by atoms with Crippen molar-refractivity contribution in [3.63, 3.8) is 0 Å². The van der Waals surface area contributed by atoms with E-state index in [-0.39, 0.29) is 11.9 Å². The van der Waals surface area contributed by atoms with Crippen LogP contribution in [-0.4, -0.2) is 50.7 Å². The second kappa shape index (κ2) is 5.98. The predicted molar refractivity (Wildman–Crippen MR) is 55.2 cm³/mol. The molecule has 1 heterocycles. The van der Waals surface area contributed by atoms with Crippen molar-refractivity contribution in [1.82, 2.24) is 10.2 Å². The number of likely N-dealkylation sites (N-methyl/N-ethyl adjacent to an activating group) is 1. The highest BCUT2D eigenvalue weighted by molar-refractivity contribution is 5.82. The Morgan fingerprint density at radius 1 is 1.64 bits per heavy atom. The molecule has 0 aromatic rings. The van der Waals surface area contributed by atoms with Crippen LogP contribution >= 0.6 is 0 Å². The van der Waals surface area contributed by atoms with Crippen LogP contribution in [0.1, 0.15) is 19.3 Å². The fraction of sp³-hybridized carbons (Fsp3) is 0.900. The number of ether oxygens (including phenoxy) is 1. The van der Waals surface area contributed by atoms with Gasteiger partial charge in [0.05, 0.1) is 6.04 Å². The molecule has 0 bridgehead atoms. The zero-order valence-electron chi connectivity index (χ0n) is 9.08. The van der Waals surface area contributed by atoms with E-state index in [1.807, 2.05) is 11.9 Å². The fourth-order valence-corrected chi connectivity index (χ4v) is 1.83. The maximum Gasteiger partial charge on any atom is 0.239 e. The molecule has 1 N–H and O–H groups in total. The van der Waals surface area contributed by atoms with Gasteiger partial charge in [-0.05, 0) is 26.3 Å². The number of methoxy groups -OCH3 is 1. The summed E-state index contributed by atoms with van der Waals surface area (Å²) in [6, 6.07) is 0.0336. The molecule has 0 radical (unpaired) electrons. The van der Waals surface area contributed by atoms with Gasteiger partial charge in [-0.25, -0.2) is 0 Å². The minimum Gasteiger partial charge on any atom is -0.385 e. The molecule has 1 unspecified atom stereocenters. The van der Waals surface area contributed by atoms with Crippen LogP contribution in [-0.2, 0) is 9.53 Å². The number of hydrogen-bond donors (Lipinski definition) is 1. The molecular formula is C10H20N2O2. The molecule has 0 aromatic carbocycles. The summed E-state index contributed by atoms with van der Waals surface area (Å²) in [6.07, 6.45) is 3.00. The highest BCUT2D eigenvalue weighted by Gasteiger charge is 2.26. The number of nitrogens with zero attached hydrogens (tertiary/aromatic N) is 1. The van der Waals surface area contributed by atoms with E-state index in [1.54, 1.807) is 7.11 Å². The van der Waals surface area contributed by atoms with Gasteiger partial charge < -0.3 is 15.0 Å². The number of carbonyl (C=O) groups is 1. The summed E-state index contributed by atoms with van der Waals surface area (Å²) >= 11 is 0. The van der Waals surface area contributed by atoms with Crippen LogP contribution < -0.4 is 5.32 Å². The van der Waals surface area contributed by atoms with Gasteiger partial charge >= 0.3 is 0 Å². The highest BCUT2D eigenvalue weighted by atomic mass is 16.5. The summed E-state index contributed by atoms with van der Waals surface area (Å²) < 4.78 is 4.97. The summed E-state index contributed by atoms with van der Waals surface area (Å²) in [4.78, 5) is 13.7. The first-order valence-corrected chi connectivity index (χ1v) is 5.24. The predicted octanol–water partition coefficient (Wildman–Crippen LogP) is 0.233. The topological polar surface area (TPSA) is 41.6 Å². The van der Waals surface area contributed by atoms with Crippen LogP contribution in [0.4, 0.5) is 0 Å². The molecule has 0 aliphatic carbocycles. The molecule has 0 spiro atoms. The van der Waals surface area contributed by atoms with Crippen molar-refractivity contribution in [2.75, 3.05) is 33.9 Å². The Kier molecular flexibility index (Phi) is 4.90. The van der Waals surface area contributed by atoms with Gasteiger partial charge in [-0.1, -0.05) is 0 Å². The van der Waals surface area contributed by atoms with E-state index in [0.717, 1.165) is 39.0 Å². The summed E-state index contributed by atoms with van der Waals surface area (Å²) in [6.45, 7) is 2.46. The molecule has 1 fully saturated rings. The lowest BCUT2D eigenvalue weighted by Gasteiger charge is -2.32. The Morgan fingerprint density at radius 3 is 3.07 bits per heavy atom.